The van der Waals surface area contributed by atoms with E-state index >= 15 is 0 Å². The number of amides is 2. The zero-order valence-electron chi connectivity index (χ0n) is 17.9. The number of anilines is 1. The molecule has 0 aliphatic rings. The van der Waals surface area contributed by atoms with Gasteiger partial charge in [0.2, 0.25) is 5.91 Å². The van der Waals surface area contributed by atoms with Crippen LogP contribution in [0.2, 0.25) is 5.02 Å². The SMILES string of the molecule is Cn1c(CC(=O)NNC(=O)c2cccc(S(=O)(=O)Nc3ccccc3Cl)c2)nc2ccccc21. The standard InChI is InChI=1S/C23H20ClN5O4S/c1-29-20-12-5-4-11-19(20)25-21(29)14-22(30)26-27-23(31)15-7-6-8-16(13-15)34(32,33)28-18-10-3-2-9-17(18)24/h2-13,28H,14H2,1H3,(H,26,30)(H,27,31). The van der Waals surface area contributed by atoms with Gasteiger partial charge in [-0.2, -0.15) is 0 Å². The van der Waals surface area contributed by atoms with Crippen LogP contribution in [-0.2, 0) is 28.3 Å². The normalized spacial score (nSPS) is 11.2. The number of halogens is 1. The van der Waals surface area contributed by atoms with E-state index in [2.05, 4.69) is 20.6 Å². The highest BCUT2D eigenvalue weighted by Gasteiger charge is 2.18. The van der Waals surface area contributed by atoms with Crippen molar-refractivity contribution in [2.24, 2.45) is 7.05 Å². The van der Waals surface area contributed by atoms with Crippen molar-refractivity contribution in [3.8, 4) is 0 Å². The zero-order valence-corrected chi connectivity index (χ0v) is 19.5. The molecule has 0 aliphatic heterocycles. The van der Waals surface area contributed by atoms with Crippen LogP contribution in [0.15, 0.2) is 77.7 Å². The number of nitrogens with one attached hydrogen (secondary N) is 3. The second kappa shape index (κ2) is 9.54. The predicted octanol–water partition coefficient (Wildman–Crippen LogP) is 3.03. The molecule has 2 amide bonds. The first-order chi connectivity index (χ1) is 16.2. The van der Waals surface area contributed by atoms with Crippen molar-refractivity contribution in [2.45, 2.75) is 11.3 Å². The minimum Gasteiger partial charge on any atom is -0.331 e. The Morgan fingerprint density at radius 2 is 1.71 bits per heavy atom. The van der Waals surface area contributed by atoms with Gasteiger partial charge in [-0.25, -0.2) is 13.4 Å². The lowest BCUT2D eigenvalue weighted by molar-refractivity contribution is -0.121. The first kappa shape index (κ1) is 23.3. The van der Waals surface area contributed by atoms with Crippen molar-refractivity contribution >= 4 is 50.2 Å². The molecular formula is C23H20ClN5O4S. The highest BCUT2D eigenvalue weighted by atomic mass is 35.5. The third kappa shape index (κ3) is 5.03. The van der Waals surface area contributed by atoms with Gasteiger partial charge in [-0.1, -0.05) is 41.9 Å². The maximum Gasteiger partial charge on any atom is 0.269 e. The van der Waals surface area contributed by atoms with E-state index in [9.17, 15) is 18.0 Å². The summed E-state index contributed by atoms with van der Waals surface area (Å²) >= 11 is 6.02. The first-order valence-electron chi connectivity index (χ1n) is 10.1. The van der Waals surface area contributed by atoms with E-state index in [4.69, 9.17) is 11.6 Å². The van der Waals surface area contributed by atoms with Gasteiger partial charge < -0.3 is 4.57 Å². The number of imidazole rings is 1. The molecule has 9 nitrogen and oxygen atoms in total. The number of hydrogen-bond acceptors (Lipinski definition) is 5. The number of rotatable bonds is 6. The zero-order chi connectivity index (χ0) is 24.3. The number of para-hydroxylation sites is 3. The summed E-state index contributed by atoms with van der Waals surface area (Å²) in [6.07, 6.45) is -0.0539. The molecule has 34 heavy (non-hydrogen) atoms. The Labute approximate surface area is 200 Å². The molecule has 0 aliphatic carbocycles. The van der Waals surface area contributed by atoms with Crippen LogP contribution < -0.4 is 15.6 Å². The molecule has 1 aromatic heterocycles. The second-order valence-corrected chi connectivity index (χ2v) is 9.46. The lowest BCUT2D eigenvalue weighted by Gasteiger charge is -2.11. The van der Waals surface area contributed by atoms with Gasteiger partial charge in [-0.15, -0.1) is 0 Å². The van der Waals surface area contributed by atoms with Crippen LogP contribution in [-0.4, -0.2) is 29.8 Å². The van der Waals surface area contributed by atoms with Crippen LogP contribution in [0, 0.1) is 0 Å². The van der Waals surface area contributed by atoms with Gasteiger partial charge in [-0.05, 0) is 42.5 Å². The average molecular weight is 498 g/mol. The fourth-order valence-corrected chi connectivity index (χ4v) is 4.66. The highest BCUT2D eigenvalue weighted by Crippen LogP contribution is 2.24. The summed E-state index contributed by atoms with van der Waals surface area (Å²) in [5.41, 5.74) is 6.54. The lowest BCUT2D eigenvalue weighted by atomic mass is 10.2. The van der Waals surface area contributed by atoms with Crippen molar-refractivity contribution in [3.63, 3.8) is 0 Å². The summed E-state index contributed by atoms with van der Waals surface area (Å²) < 4.78 is 29.6. The van der Waals surface area contributed by atoms with Crippen LogP contribution in [0.25, 0.3) is 11.0 Å². The van der Waals surface area contributed by atoms with E-state index in [1.165, 1.54) is 30.3 Å². The van der Waals surface area contributed by atoms with Crippen LogP contribution >= 0.6 is 11.6 Å². The van der Waals surface area contributed by atoms with E-state index in [0.717, 1.165) is 11.0 Å². The molecule has 1 heterocycles. The Morgan fingerprint density at radius 3 is 2.47 bits per heavy atom. The van der Waals surface area contributed by atoms with E-state index in [1.54, 1.807) is 29.8 Å². The highest BCUT2D eigenvalue weighted by molar-refractivity contribution is 7.92. The Hall–Kier alpha value is -3.89. The molecule has 174 valence electrons. The van der Waals surface area contributed by atoms with E-state index < -0.39 is 21.8 Å². The number of aromatic nitrogens is 2. The Kier molecular flexibility index (Phi) is 6.53. The fourth-order valence-electron chi connectivity index (χ4n) is 3.29. The number of aryl methyl sites for hydroxylation is 1. The monoisotopic (exact) mass is 497 g/mol. The minimum absolute atomic E-state index is 0.0464. The molecule has 3 aromatic carbocycles. The first-order valence-corrected chi connectivity index (χ1v) is 12.0. The molecule has 0 radical (unpaired) electrons. The maximum atomic E-state index is 12.7. The Morgan fingerprint density at radius 1 is 0.971 bits per heavy atom. The van der Waals surface area contributed by atoms with Gasteiger partial charge in [0, 0.05) is 12.6 Å². The minimum atomic E-state index is -3.99. The molecule has 0 atom stereocenters. The molecule has 4 aromatic rings. The quantitative estimate of drug-likeness (QED) is 0.353. The van der Waals surface area contributed by atoms with E-state index in [0.29, 0.717) is 5.82 Å². The molecule has 4 rings (SSSR count). The Balaban J connectivity index is 1.41. The number of carbonyl (C=O) groups is 2. The summed E-state index contributed by atoms with van der Waals surface area (Å²) in [6.45, 7) is 0. The molecule has 3 N–H and O–H groups in total. The summed E-state index contributed by atoms with van der Waals surface area (Å²) in [5, 5.41) is 0.239. The molecule has 0 spiro atoms. The van der Waals surface area contributed by atoms with Gasteiger partial charge in [0.05, 0.1) is 33.1 Å². The van der Waals surface area contributed by atoms with Crippen molar-refractivity contribution in [2.75, 3.05) is 4.72 Å². The predicted molar refractivity (Wildman–Crippen MR) is 129 cm³/mol. The van der Waals surface area contributed by atoms with Gasteiger partial charge in [-0.3, -0.25) is 25.2 Å². The number of nitrogens with zero attached hydrogens (tertiary/aromatic N) is 2. The number of benzene rings is 3. The third-order valence-corrected chi connectivity index (χ3v) is 6.73. The van der Waals surface area contributed by atoms with Crippen molar-refractivity contribution in [1.82, 2.24) is 20.4 Å². The molecule has 11 heteroatoms. The number of carbonyl (C=O) groups excluding carboxylic acids is 2. The molecule has 0 fully saturated rings. The molecule has 0 bridgehead atoms. The van der Waals surface area contributed by atoms with Crippen molar-refractivity contribution in [3.05, 3.63) is 89.2 Å². The van der Waals surface area contributed by atoms with Crippen LogP contribution in [0.1, 0.15) is 16.2 Å². The number of hydrogen-bond donors (Lipinski definition) is 3. The fraction of sp³-hybridized carbons (Fsp3) is 0.0870. The summed E-state index contributed by atoms with van der Waals surface area (Å²) in [5.74, 6) is -0.615. The van der Waals surface area contributed by atoms with Gasteiger partial charge in [0.1, 0.15) is 5.82 Å². The van der Waals surface area contributed by atoms with Gasteiger partial charge >= 0.3 is 0 Å². The Bertz CT molecular complexity index is 1500. The van der Waals surface area contributed by atoms with Gasteiger partial charge in [0.15, 0.2) is 0 Å². The van der Waals surface area contributed by atoms with Crippen molar-refractivity contribution in [1.29, 1.82) is 0 Å². The van der Waals surface area contributed by atoms with Crippen LogP contribution in [0.4, 0.5) is 5.69 Å². The largest absolute Gasteiger partial charge is 0.331 e. The third-order valence-electron chi connectivity index (χ3n) is 5.04. The summed E-state index contributed by atoms with van der Waals surface area (Å²) in [7, 11) is -2.19. The summed E-state index contributed by atoms with van der Waals surface area (Å²) in [6, 6.07) is 19.3. The van der Waals surface area contributed by atoms with E-state index in [1.807, 2.05) is 24.3 Å². The summed E-state index contributed by atoms with van der Waals surface area (Å²) in [4.78, 5) is 29.1. The number of sulfonamides is 1. The lowest BCUT2D eigenvalue weighted by Crippen LogP contribution is -2.42. The topological polar surface area (TPSA) is 122 Å². The number of hydrazine groups is 1. The van der Waals surface area contributed by atoms with Crippen molar-refractivity contribution < 1.29 is 18.0 Å². The number of fused-ring (bicyclic) bond motifs is 1. The molecule has 0 unspecified atom stereocenters. The van der Waals surface area contributed by atoms with Crippen LogP contribution in [0.3, 0.4) is 0 Å². The molecular weight excluding hydrogens is 478 g/mol. The second-order valence-electron chi connectivity index (χ2n) is 7.37. The maximum absolute atomic E-state index is 12.7. The molecule has 0 saturated carbocycles. The smallest absolute Gasteiger partial charge is 0.269 e. The van der Waals surface area contributed by atoms with Gasteiger partial charge in [0.25, 0.3) is 15.9 Å². The van der Waals surface area contributed by atoms with Crippen LogP contribution in [0.5, 0.6) is 0 Å². The molecule has 0 saturated heterocycles. The average Bonchev–Trinajstić information content (AvgIpc) is 3.14. The van der Waals surface area contributed by atoms with E-state index in [-0.39, 0.29) is 27.6 Å².